The van der Waals surface area contributed by atoms with E-state index in [1.54, 1.807) is 0 Å². The molecule has 72 valence electrons. The second-order valence-electron chi connectivity index (χ2n) is 2.10. The van der Waals surface area contributed by atoms with Crippen LogP contribution in [0.25, 0.3) is 0 Å². The lowest BCUT2D eigenvalue weighted by Crippen LogP contribution is -2.07. The number of alkyl halides is 3. The third-order valence-corrected chi connectivity index (χ3v) is 2.15. The van der Waals surface area contributed by atoms with Crippen molar-refractivity contribution in [2.45, 2.75) is 6.18 Å². The van der Waals surface area contributed by atoms with Crippen LogP contribution in [-0.2, 0) is 6.18 Å². The molecule has 0 aliphatic carbocycles. The second kappa shape index (κ2) is 3.52. The van der Waals surface area contributed by atoms with Crippen LogP contribution in [0.4, 0.5) is 13.2 Å². The normalized spacial score (nSPS) is 11.8. The highest BCUT2D eigenvalue weighted by atomic mass is 35.5. The van der Waals surface area contributed by atoms with E-state index in [1.807, 2.05) is 0 Å². The van der Waals surface area contributed by atoms with Gasteiger partial charge in [-0.05, 0) is 6.07 Å². The number of halogens is 6. The highest BCUT2D eigenvalue weighted by Gasteiger charge is 2.34. The standard InChI is InChI=1S/C6HCl3F3N/c7-3-1-2(6(10,11)12)4(8)13-5(3)9/h1H. The molecule has 7 heteroatoms. The monoisotopic (exact) mass is 249 g/mol. The third kappa shape index (κ3) is 2.39. The Labute approximate surface area is 86.4 Å². The molecule has 0 saturated heterocycles. The zero-order valence-electron chi connectivity index (χ0n) is 5.79. The zero-order valence-corrected chi connectivity index (χ0v) is 8.06. The van der Waals surface area contributed by atoms with Gasteiger partial charge in [-0.3, -0.25) is 0 Å². The van der Waals surface area contributed by atoms with Crippen LogP contribution in [0, 0.1) is 0 Å². The minimum atomic E-state index is -4.57. The zero-order chi connectivity index (χ0) is 10.2. The molecule has 0 amide bonds. The lowest BCUT2D eigenvalue weighted by atomic mass is 10.3. The number of nitrogens with zero attached hydrogens (tertiary/aromatic N) is 1. The van der Waals surface area contributed by atoms with E-state index in [1.165, 1.54) is 0 Å². The average molecular weight is 250 g/mol. The minimum Gasteiger partial charge on any atom is -0.222 e. The Morgan fingerprint density at radius 3 is 2.08 bits per heavy atom. The summed E-state index contributed by atoms with van der Waals surface area (Å²) in [6, 6.07) is 0.638. The van der Waals surface area contributed by atoms with Crippen LogP contribution in [-0.4, -0.2) is 4.98 Å². The van der Waals surface area contributed by atoms with Crippen LogP contribution < -0.4 is 0 Å². The molecule has 0 radical (unpaired) electrons. The van der Waals surface area contributed by atoms with Gasteiger partial charge < -0.3 is 0 Å². The van der Waals surface area contributed by atoms with E-state index in [0.29, 0.717) is 6.07 Å². The molecule has 0 aliphatic rings. The van der Waals surface area contributed by atoms with Gasteiger partial charge in [0.1, 0.15) is 10.3 Å². The molecule has 0 saturated carbocycles. The Balaban J connectivity index is 3.32. The molecule has 0 N–H and O–H groups in total. The van der Waals surface area contributed by atoms with Gasteiger partial charge in [0, 0.05) is 0 Å². The maximum atomic E-state index is 12.1. The molecular weight excluding hydrogens is 249 g/mol. The summed E-state index contributed by atoms with van der Waals surface area (Å²) in [5.74, 6) is 0. The fraction of sp³-hybridized carbons (Fsp3) is 0.167. The molecule has 0 bridgehead atoms. The first kappa shape index (κ1) is 10.9. The first-order valence-electron chi connectivity index (χ1n) is 2.91. The van der Waals surface area contributed by atoms with Crippen molar-refractivity contribution in [2.75, 3.05) is 0 Å². The maximum absolute atomic E-state index is 12.1. The number of rotatable bonds is 0. The van der Waals surface area contributed by atoms with Gasteiger partial charge in [-0.1, -0.05) is 34.8 Å². The molecule has 1 nitrogen and oxygen atoms in total. The first-order valence-corrected chi connectivity index (χ1v) is 4.04. The fourth-order valence-corrected chi connectivity index (χ4v) is 1.22. The molecule has 1 aromatic rings. The molecule has 0 fully saturated rings. The van der Waals surface area contributed by atoms with E-state index in [-0.39, 0.29) is 10.2 Å². The van der Waals surface area contributed by atoms with Gasteiger partial charge in [-0.25, -0.2) is 4.98 Å². The molecule has 1 aromatic heterocycles. The lowest BCUT2D eigenvalue weighted by molar-refractivity contribution is -0.137. The average Bonchev–Trinajstić information content (AvgIpc) is 1.94. The molecule has 0 atom stereocenters. The van der Waals surface area contributed by atoms with Gasteiger partial charge in [-0.2, -0.15) is 13.2 Å². The first-order chi connectivity index (χ1) is 5.82. The van der Waals surface area contributed by atoms with Crippen molar-refractivity contribution < 1.29 is 13.2 Å². The van der Waals surface area contributed by atoms with Crippen LogP contribution in [0.1, 0.15) is 5.56 Å². The Bertz CT molecular complexity index is 337. The number of hydrogen-bond acceptors (Lipinski definition) is 1. The van der Waals surface area contributed by atoms with Gasteiger partial charge in [0.05, 0.1) is 10.6 Å². The van der Waals surface area contributed by atoms with Crippen molar-refractivity contribution >= 4 is 34.8 Å². The van der Waals surface area contributed by atoms with Crippen LogP contribution in [0.15, 0.2) is 6.07 Å². The van der Waals surface area contributed by atoms with E-state index in [2.05, 4.69) is 4.98 Å². The van der Waals surface area contributed by atoms with Crippen LogP contribution in [0.2, 0.25) is 15.3 Å². The van der Waals surface area contributed by atoms with Gasteiger partial charge in [0.25, 0.3) is 0 Å². The summed E-state index contributed by atoms with van der Waals surface area (Å²) in [5, 5.41) is -1.24. The van der Waals surface area contributed by atoms with Gasteiger partial charge in [-0.15, -0.1) is 0 Å². The summed E-state index contributed by atoms with van der Waals surface area (Å²) in [4.78, 5) is 3.22. The van der Waals surface area contributed by atoms with Gasteiger partial charge in [0.15, 0.2) is 0 Å². The highest BCUT2D eigenvalue weighted by Crippen LogP contribution is 2.36. The van der Waals surface area contributed by atoms with Gasteiger partial charge in [0.2, 0.25) is 0 Å². The lowest BCUT2D eigenvalue weighted by Gasteiger charge is -2.08. The number of pyridine rings is 1. The smallest absolute Gasteiger partial charge is 0.222 e. The number of hydrogen-bond donors (Lipinski definition) is 0. The van der Waals surface area contributed by atoms with Crippen LogP contribution in [0.3, 0.4) is 0 Å². The van der Waals surface area contributed by atoms with E-state index in [9.17, 15) is 13.2 Å². The number of aromatic nitrogens is 1. The summed E-state index contributed by atoms with van der Waals surface area (Å²) in [5.41, 5.74) is -1.09. The minimum absolute atomic E-state index is 0.250. The fourth-order valence-electron chi connectivity index (χ4n) is 0.644. The van der Waals surface area contributed by atoms with Crippen LogP contribution >= 0.6 is 34.8 Å². The van der Waals surface area contributed by atoms with Crippen molar-refractivity contribution in [1.29, 1.82) is 0 Å². The van der Waals surface area contributed by atoms with Crippen molar-refractivity contribution in [3.8, 4) is 0 Å². The second-order valence-corrected chi connectivity index (χ2v) is 3.22. The summed E-state index contributed by atoms with van der Waals surface area (Å²) < 4.78 is 36.4. The molecular formula is C6HCl3F3N. The molecule has 0 aromatic carbocycles. The molecule has 0 spiro atoms. The maximum Gasteiger partial charge on any atom is 0.419 e. The van der Waals surface area contributed by atoms with Crippen molar-refractivity contribution in [2.24, 2.45) is 0 Å². The molecule has 1 heterocycles. The predicted molar refractivity (Wildman–Crippen MR) is 44.3 cm³/mol. The summed E-state index contributed by atoms with van der Waals surface area (Å²) in [7, 11) is 0. The molecule has 1 rings (SSSR count). The van der Waals surface area contributed by atoms with Crippen molar-refractivity contribution in [1.82, 2.24) is 4.98 Å². The van der Waals surface area contributed by atoms with E-state index >= 15 is 0 Å². The topological polar surface area (TPSA) is 12.9 Å². The van der Waals surface area contributed by atoms with Crippen LogP contribution in [0.5, 0.6) is 0 Å². The summed E-state index contributed by atoms with van der Waals surface area (Å²) in [6.07, 6.45) is -4.57. The van der Waals surface area contributed by atoms with Gasteiger partial charge >= 0.3 is 6.18 Å². The third-order valence-electron chi connectivity index (χ3n) is 1.19. The van der Waals surface area contributed by atoms with E-state index < -0.39 is 16.9 Å². The molecule has 0 aliphatic heterocycles. The predicted octanol–water partition coefficient (Wildman–Crippen LogP) is 4.06. The highest BCUT2D eigenvalue weighted by molar-refractivity contribution is 6.42. The van der Waals surface area contributed by atoms with Crippen molar-refractivity contribution in [3.63, 3.8) is 0 Å². The van der Waals surface area contributed by atoms with E-state index in [0.717, 1.165) is 0 Å². The summed E-state index contributed by atoms with van der Waals surface area (Å²) >= 11 is 15.9. The largest absolute Gasteiger partial charge is 0.419 e. The molecule has 13 heavy (non-hydrogen) atoms. The Hall–Kier alpha value is -0.190. The van der Waals surface area contributed by atoms with Crippen molar-refractivity contribution in [3.05, 3.63) is 27.0 Å². The Kier molecular flexibility index (Phi) is 2.95. The Morgan fingerprint density at radius 1 is 1.08 bits per heavy atom. The van der Waals surface area contributed by atoms with E-state index in [4.69, 9.17) is 34.8 Å². The molecule has 0 unspecified atom stereocenters. The quantitative estimate of drug-likeness (QED) is 0.633. The SMILES string of the molecule is FC(F)(F)c1cc(Cl)c(Cl)nc1Cl. The summed E-state index contributed by atoms with van der Waals surface area (Å²) in [6.45, 7) is 0. The Morgan fingerprint density at radius 2 is 1.62 bits per heavy atom.